The molecule has 0 atom stereocenters. The number of sulfonamides is 1. The second-order valence-corrected chi connectivity index (χ2v) is 9.12. The van der Waals surface area contributed by atoms with Crippen molar-refractivity contribution in [2.45, 2.75) is 11.4 Å². The molecule has 7 heteroatoms. The van der Waals surface area contributed by atoms with Crippen molar-refractivity contribution in [3.63, 3.8) is 0 Å². The molecule has 0 radical (unpaired) electrons. The number of benzene rings is 4. The fourth-order valence-corrected chi connectivity index (χ4v) is 4.90. The molecular weight excluding hydrogens is 439 g/mol. The highest BCUT2D eigenvalue weighted by Crippen LogP contribution is 2.30. The van der Waals surface area contributed by atoms with Gasteiger partial charge in [-0.2, -0.15) is 0 Å². The predicted molar refractivity (Wildman–Crippen MR) is 127 cm³/mol. The number of hydrogen-bond donors (Lipinski definition) is 1. The van der Waals surface area contributed by atoms with Crippen LogP contribution in [0, 0.1) is 5.82 Å². The van der Waals surface area contributed by atoms with Crippen molar-refractivity contribution in [1.29, 1.82) is 0 Å². The van der Waals surface area contributed by atoms with Gasteiger partial charge in [0.25, 0.3) is 15.9 Å². The van der Waals surface area contributed by atoms with Gasteiger partial charge in [0.05, 0.1) is 28.4 Å². The molecule has 5 nitrogen and oxygen atoms in total. The monoisotopic (exact) mass is 460 g/mol. The zero-order chi connectivity index (χ0) is 23.3. The van der Waals surface area contributed by atoms with Crippen LogP contribution in [0.15, 0.2) is 114 Å². The van der Waals surface area contributed by atoms with Crippen LogP contribution in [0.2, 0.25) is 0 Å². The van der Waals surface area contributed by atoms with Crippen molar-refractivity contribution in [2.24, 2.45) is 0 Å². The minimum atomic E-state index is -4.01. The summed E-state index contributed by atoms with van der Waals surface area (Å²) in [6, 6.07) is 29.3. The minimum absolute atomic E-state index is 0.0119. The van der Waals surface area contributed by atoms with E-state index in [1.807, 2.05) is 30.3 Å². The topological polar surface area (TPSA) is 66.5 Å². The summed E-state index contributed by atoms with van der Waals surface area (Å²) in [5.74, 6) is -1.20. The molecule has 0 fully saturated rings. The first kappa shape index (κ1) is 22.2. The average molecular weight is 461 g/mol. The number of nitrogens with one attached hydrogen (secondary N) is 1. The van der Waals surface area contributed by atoms with Gasteiger partial charge >= 0.3 is 0 Å². The Kier molecular flexibility index (Phi) is 6.51. The van der Waals surface area contributed by atoms with Crippen LogP contribution < -0.4 is 9.62 Å². The molecule has 33 heavy (non-hydrogen) atoms. The van der Waals surface area contributed by atoms with Crippen molar-refractivity contribution in [3.8, 4) is 0 Å². The number of rotatable bonds is 7. The van der Waals surface area contributed by atoms with Gasteiger partial charge in [-0.3, -0.25) is 9.10 Å². The highest BCUT2D eigenvalue weighted by Gasteiger charge is 2.28. The van der Waals surface area contributed by atoms with Crippen LogP contribution in [-0.2, 0) is 16.6 Å². The maximum absolute atomic E-state index is 14.1. The van der Waals surface area contributed by atoms with Gasteiger partial charge in [-0.25, -0.2) is 12.8 Å². The number of anilines is 2. The summed E-state index contributed by atoms with van der Waals surface area (Å²) in [6.07, 6.45) is 0. The second kappa shape index (κ2) is 9.67. The highest BCUT2D eigenvalue weighted by molar-refractivity contribution is 7.92. The third kappa shape index (κ3) is 4.94. The lowest BCUT2D eigenvalue weighted by molar-refractivity contribution is 0.102. The Balaban J connectivity index is 1.79. The molecule has 1 N–H and O–H groups in total. The lowest BCUT2D eigenvalue weighted by Gasteiger charge is -2.26. The van der Waals surface area contributed by atoms with Crippen molar-refractivity contribution in [1.82, 2.24) is 0 Å². The van der Waals surface area contributed by atoms with Crippen LogP contribution in [0.25, 0.3) is 0 Å². The molecule has 4 aromatic carbocycles. The van der Waals surface area contributed by atoms with Crippen LogP contribution >= 0.6 is 0 Å². The molecule has 0 saturated heterocycles. The molecule has 0 aromatic heterocycles. The van der Waals surface area contributed by atoms with Gasteiger partial charge in [-0.15, -0.1) is 0 Å². The maximum atomic E-state index is 14.1. The van der Waals surface area contributed by atoms with Gasteiger partial charge in [-0.05, 0) is 42.0 Å². The van der Waals surface area contributed by atoms with E-state index in [1.165, 1.54) is 40.7 Å². The Morgan fingerprint density at radius 2 is 1.33 bits per heavy atom. The first-order chi connectivity index (χ1) is 16.0. The number of carbonyl (C=O) groups is 1. The van der Waals surface area contributed by atoms with E-state index in [-0.39, 0.29) is 28.4 Å². The van der Waals surface area contributed by atoms with Crippen LogP contribution in [0.5, 0.6) is 0 Å². The van der Waals surface area contributed by atoms with E-state index in [0.717, 1.165) is 5.56 Å². The molecule has 0 spiro atoms. The van der Waals surface area contributed by atoms with E-state index < -0.39 is 21.7 Å². The van der Waals surface area contributed by atoms with Crippen molar-refractivity contribution in [3.05, 3.63) is 126 Å². The number of carbonyl (C=O) groups excluding carboxylic acids is 1. The van der Waals surface area contributed by atoms with E-state index in [1.54, 1.807) is 42.5 Å². The van der Waals surface area contributed by atoms with E-state index in [4.69, 9.17) is 0 Å². The Bertz CT molecular complexity index is 1360. The third-order valence-electron chi connectivity index (χ3n) is 5.04. The zero-order valence-electron chi connectivity index (χ0n) is 17.6. The normalized spacial score (nSPS) is 11.1. The summed E-state index contributed by atoms with van der Waals surface area (Å²) in [5, 5.41) is 2.54. The second-order valence-electron chi connectivity index (χ2n) is 7.26. The lowest BCUT2D eigenvalue weighted by Crippen LogP contribution is -2.32. The smallest absolute Gasteiger partial charge is 0.264 e. The molecule has 1 amide bonds. The summed E-state index contributed by atoms with van der Waals surface area (Å²) in [6.45, 7) is 0.0159. The fraction of sp³-hybridized carbons (Fsp3) is 0.0385. The summed E-state index contributed by atoms with van der Waals surface area (Å²) in [4.78, 5) is 13.2. The molecule has 166 valence electrons. The number of hydrogen-bond acceptors (Lipinski definition) is 3. The van der Waals surface area contributed by atoms with Crippen LogP contribution in [0.3, 0.4) is 0 Å². The highest BCUT2D eigenvalue weighted by atomic mass is 32.2. The number of halogens is 1. The summed E-state index contributed by atoms with van der Waals surface area (Å²) >= 11 is 0. The standard InChI is InChI=1S/C26H21FN2O3S/c27-23-16-8-9-17-24(23)28-26(30)22-15-7-10-18-25(22)29(19-20-11-3-1-4-12-20)33(31,32)21-13-5-2-6-14-21/h1-18H,19H2,(H,28,30). The predicted octanol–water partition coefficient (Wildman–Crippen LogP) is 5.47. The van der Waals surface area contributed by atoms with E-state index in [2.05, 4.69) is 5.32 Å². The van der Waals surface area contributed by atoms with E-state index >= 15 is 0 Å². The molecular formula is C26H21FN2O3S. The molecule has 0 aliphatic rings. The molecule has 0 unspecified atom stereocenters. The molecule has 0 heterocycles. The first-order valence-corrected chi connectivity index (χ1v) is 11.7. The largest absolute Gasteiger partial charge is 0.319 e. The van der Waals surface area contributed by atoms with Gasteiger partial charge < -0.3 is 5.32 Å². The molecule has 0 aliphatic carbocycles. The lowest BCUT2D eigenvalue weighted by atomic mass is 10.1. The van der Waals surface area contributed by atoms with E-state index in [9.17, 15) is 17.6 Å². The Hall–Kier alpha value is -3.97. The van der Waals surface area contributed by atoms with Gasteiger partial charge in [0.2, 0.25) is 0 Å². The molecule has 0 aliphatic heterocycles. The Morgan fingerprint density at radius 3 is 2.03 bits per heavy atom. The zero-order valence-corrected chi connectivity index (χ0v) is 18.4. The van der Waals surface area contributed by atoms with Crippen LogP contribution in [-0.4, -0.2) is 14.3 Å². The SMILES string of the molecule is O=C(Nc1ccccc1F)c1ccccc1N(Cc1ccccc1)S(=O)(=O)c1ccccc1. The number of nitrogens with zero attached hydrogens (tertiary/aromatic N) is 1. The Labute approximate surface area is 192 Å². The average Bonchev–Trinajstić information content (AvgIpc) is 2.85. The van der Waals surface area contributed by atoms with Gasteiger partial charge in [-0.1, -0.05) is 72.8 Å². The number of amides is 1. The quantitative estimate of drug-likeness (QED) is 0.398. The molecule has 0 saturated carbocycles. The van der Waals surface area contributed by atoms with Crippen LogP contribution in [0.4, 0.5) is 15.8 Å². The summed E-state index contributed by atoms with van der Waals surface area (Å²) in [7, 11) is -4.01. The van der Waals surface area contributed by atoms with Crippen molar-refractivity contribution < 1.29 is 17.6 Å². The van der Waals surface area contributed by atoms with Crippen LogP contribution in [0.1, 0.15) is 15.9 Å². The van der Waals surface area contributed by atoms with Crippen molar-refractivity contribution in [2.75, 3.05) is 9.62 Å². The van der Waals surface area contributed by atoms with Gasteiger partial charge in [0.15, 0.2) is 0 Å². The summed E-state index contributed by atoms with van der Waals surface area (Å²) in [5.41, 5.74) is 1.06. The van der Waals surface area contributed by atoms with Gasteiger partial charge in [0.1, 0.15) is 5.82 Å². The molecule has 4 aromatic rings. The molecule has 0 bridgehead atoms. The number of para-hydroxylation sites is 2. The fourth-order valence-electron chi connectivity index (χ4n) is 3.40. The maximum Gasteiger partial charge on any atom is 0.264 e. The first-order valence-electron chi connectivity index (χ1n) is 10.2. The minimum Gasteiger partial charge on any atom is -0.319 e. The van der Waals surface area contributed by atoms with Gasteiger partial charge in [0, 0.05) is 0 Å². The Morgan fingerprint density at radius 1 is 0.758 bits per heavy atom. The van der Waals surface area contributed by atoms with E-state index in [0.29, 0.717) is 0 Å². The molecule has 4 rings (SSSR count). The summed E-state index contributed by atoms with van der Waals surface area (Å²) < 4.78 is 42.6. The third-order valence-corrected chi connectivity index (χ3v) is 6.81. The van der Waals surface area contributed by atoms with Crippen molar-refractivity contribution >= 4 is 27.3 Å².